The molecule has 3 rings (SSSR count). The zero-order valence-electron chi connectivity index (χ0n) is 20.5. The van der Waals surface area contributed by atoms with Gasteiger partial charge in [-0.3, -0.25) is 9.59 Å². The van der Waals surface area contributed by atoms with Gasteiger partial charge in [-0.05, 0) is 55.2 Å². The third-order valence-electron chi connectivity index (χ3n) is 5.96. The molecule has 0 aliphatic carbocycles. The summed E-state index contributed by atoms with van der Waals surface area (Å²) in [6.07, 6.45) is 1.21. The second-order valence-electron chi connectivity index (χ2n) is 8.73. The molecule has 0 aliphatic heterocycles. The molecule has 184 valence electrons. The maximum atomic E-state index is 13.6. The van der Waals surface area contributed by atoms with E-state index in [2.05, 4.69) is 5.32 Å². The molecule has 2 atom stereocenters. The summed E-state index contributed by atoms with van der Waals surface area (Å²) in [5.74, 6) is 0.125. The molecule has 2 amide bonds. The Balaban J connectivity index is 1.89. The standard InChI is InChI=1S/C29H33ClN2O3/c1-4-22(3)31-29(34)27(18-23-11-7-5-8-12-23)32(19-24-13-9-6-10-14-24)28(33)20-35-25-15-16-26(30)21(2)17-25/h5-17,22,27H,4,18-20H2,1-3H3,(H,31,34)/t22-,27+/m1/s1. The fourth-order valence-corrected chi connectivity index (χ4v) is 3.83. The summed E-state index contributed by atoms with van der Waals surface area (Å²) in [7, 11) is 0. The number of nitrogens with zero attached hydrogens (tertiary/aromatic N) is 1. The Morgan fingerprint density at radius 1 is 0.971 bits per heavy atom. The van der Waals surface area contributed by atoms with Crippen LogP contribution >= 0.6 is 11.6 Å². The van der Waals surface area contributed by atoms with Gasteiger partial charge in [-0.1, -0.05) is 79.2 Å². The number of nitrogens with one attached hydrogen (secondary N) is 1. The fraction of sp³-hybridized carbons (Fsp3) is 0.310. The number of aryl methyl sites for hydroxylation is 1. The number of carbonyl (C=O) groups excluding carboxylic acids is 2. The molecule has 0 saturated heterocycles. The van der Waals surface area contributed by atoms with Crippen molar-refractivity contribution in [3.05, 3.63) is 101 Å². The number of hydrogen-bond acceptors (Lipinski definition) is 3. The van der Waals surface area contributed by atoms with Crippen molar-refractivity contribution in [2.24, 2.45) is 0 Å². The zero-order chi connectivity index (χ0) is 25.2. The van der Waals surface area contributed by atoms with Gasteiger partial charge in [0.1, 0.15) is 11.8 Å². The summed E-state index contributed by atoms with van der Waals surface area (Å²) >= 11 is 6.12. The van der Waals surface area contributed by atoms with Crippen molar-refractivity contribution in [3.63, 3.8) is 0 Å². The van der Waals surface area contributed by atoms with Crippen LogP contribution in [0.2, 0.25) is 5.02 Å². The summed E-state index contributed by atoms with van der Waals surface area (Å²) in [6.45, 7) is 5.98. The Morgan fingerprint density at radius 2 is 1.60 bits per heavy atom. The van der Waals surface area contributed by atoms with E-state index in [0.717, 1.165) is 23.1 Å². The molecule has 0 heterocycles. The number of carbonyl (C=O) groups is 2. The Labute approximate surface area is 213 Å². The predicted molar refractivity (Wildman–Crippen MR) is 141 cm³/mol. The maximum absolute atomic E-state index is 13.6. The molecule has 5 nitrogen and oxygen atoms in total. The summed E-state index contributed by atoms with van der Waals surface area (Å²) in [5.41, 5.74) is 2.79. The predicted octanol–water partition coefficient (Wildman–Crippen LogP) is 5.58. The van der Waals surface area contributed by atoms with Crippen LogP contribution in [0.1, 0.15) is 37.0 Å². The highest BCUT2D eigenvalue weighted by molar-refractivity contribution is 6.31. The Morgan fingerprint density at radius 3 is 2.20 bits per heavy atom. The number of amides is 2. The molecule has 3 aromatic rings. The summed E-state index contributed by atoms with van der Waals surface area (Å²) in [5, 5.41) is 3.71. The molecule has 1 N–H and O–H groups in total. The lowest BCUT2D eigenvalue weighted by molar-refractivity contribution is -0.143. The minimum absolute atomic E-state index is 0.00254. The van der Waals surface area contributed by atoms with E-state index in [4.69, 9.17) is 16.3 Å². The monoisotopic (exact) mass is 492 g/mol. The van der Waals surface area contributed by atoms with Gasteiger partial charge in [-0.2, -0.15) is 0 Å². The second-order valence-corrected chi connectivity index (χ2v) is 9.14. The van der Waals surface area contributed by atoms with Gasteiger partial charge in [0, 0.05) is 24.0 Å². The van der Waals surface area contributed by atoms with Gasteiger partial charge in [0.2, 0.25) is 5.91 Å². The highest BCUT2D eigenvalue weighted by Gasteiger charge is 2.31. The van der Waals surface area contributed by atoms with E-state index in [1.165, 1.54) is 0 Å². The lowest BCUT2D eigenvalue weighted by Gasteiger charge is -2.32. The van der Waals surface area contributed by atoms with Gasteiger partial charge in [0.25, 0.3) is 5.91 Å². The van der Waals surface area contributed by atoms with Gasteiger partial charge in [0.05, 0.1) is 0 Å². The highest BCUT2D eigenvalue weighted by atomic mass is 35.5. The molecule has 0 aliphatic rings. The van der Waals surface area contributed by atoms with Gasteiger partial charge in [-0.25, -0.2) is 0 Å². The smallest absolute Gasteiger partial charge is 0.261 e. The van der Waals surface area contributed by atoms with Crippen LogP contribution in [0.3, 0.4) is 0 Å². The molecule has 3 aromatic carbocycles. The number of rotatable bonds is 11. The first kappa shape index (κ1) is 26.3. The quantitative estimate of drug-likeness (QED) is 0.380. The van der Waals surface area contributed by atoms with Crippen LogP contribution < -0.4 is 10.1 Å². The lowest BCUT2D eigenvalue weighted by Crippen LogP contribution is -2.53. The van der Waals surface area contributed by atoms with Gasteiger partial charge < -0.3 is 15.0 Å². The first-order valence-corrected chi connectivity index (χ1v) is 12.3. The third-order valence-corrected chi connectivity index (χ3v) is 6.38. The summed E-state index contributed by atoms with van der Waals surface area (Å²) in [4.78, 5) is 28.6. The van der Waals surface area contributed by atoms with Crippen LogP contribution in [0.4, 0.5) is 0 Å². The molecule has 0 saturated carbocycles. The highest BCUT2D eigenvalue weighted by Crippen LogP contribution is 2.22. The first-order valence-electron chi connectivity index (χ1n) is 11.9. The Bertz CT molecular complexity index is 1110. The fourth-order valence-electron chi connectivity index (χ4n) is 3.71. The molecule has 35 heavy (non-hydrogen) atoms. The molecule has 0 aromatic heterocycles. The normalized spacial score (nSPS) is 12.5. The SMILES string of the molecule is CC[C@@H](C)NC(=O)[C@H](Cc1ccccc1)N(Cc1ccccc1)C(=O)COc1ccc(Cl)c(C)c1. The number of ether oxygens (including phenoxy) is 1. The van der Waals surface area contributed by atoms with E-state index >= 15 is 0 Å². The van der Waals surface area contributed by atoms with E-state index < -0.39 is 6.04 Å². The van der Waals surface area contributed by atoms with Crippen molar-refractivity contribution >= 4 is 23.4 Å². The summed E-state index contributed by atoms with van der Waals surface area (Å²) in [6, 6.07) is 24.1. The van der Waals surface area contributed by atoms with Gasteiger partial charge in [-0.15, -0.1) is 0 Å². The van der Waals surface area contributed by atoms with Crippen LogP contribution in [-0.2, 0) is 22.6 Å². The summed E-state index contributed by atoms with van der Waals surface area (Å²) < 4.78 is 5.82. The van der Waals surface area contributed by atoms with Crippen molar-refractivity contribution in [3.8, 4) is 5.75 Å². The maximum Gasteiger partial charge on any atom is 0.261 e. The largest absolute Gasteiger partial charge is 0.484 e. The minimum Gasteiger partial charge on any atom is -0.484 e. The molecule has 0 spiro atoms. The Kier molecular flexibility index (Phi) is 9.74. The average molecular weight is 493 g/mol. The lowest BCUT2D eigenvalue weighted by atomic mass is 10.0. The van der Waals surface area contributed by atoms with Gasteiger partial charge in [0.15, 0.2) is 6.61 Å². The van der Waals surface area contributed by atoms with Crippen LogP contribution in [0.15, 0.2) is 78.9 Å². The molecule has 0 fully saturated rings. The van der Waals surface area contributed by atoms with Crippen LogP contribution in [-0.4, -0.2) is 35.4 Å². The van der Waals surface area contributed by atoms with Crippen LogP contribution in [0.25, 0.3) is 0 Å². The number of benzene rings is 3. The van der Waals surface area contributed by atoms with Crippen molar-refractivity contribution in [2.75, 3.05) is 6.61 Å². The van der Waals surface area contributed by atoms with Crippen LogP contribution in [0.5, 0.6) is 5.75 Å². The molecule has 0 unspecified atom stereocenters. The third kappa shape index (κ3) is 7.86. The molecule has 6 heteroatoms. The van der Waals surface area contributed by atoms with Crippen molar-refractivity contribution in [1.82, 2.24) is 10.2 Å². The van der Waals surface area contributed by atoms with E-state index in [1.807, 2.05) is 81.4 Å². The van der Waals surface area contributed by atoms with Crippen molar-refractivity contribution in [1.29, 1.82) is 0 Å². The molecular weight excluding hydrogens is 460 g/mol. The van der Waals surface area contributed by atoms with Crippen molar-refractivity contribution in [2.45, 2.75) is 52.2 Å². The average Bonchev–Trinajstić information content (AvgIpc) is 2.87. The van der Waals surface area contributed by atoms with E-state index in [-0.39, 0.29) is 24.5 Å². The van der Waals surface area contributed by atoms with Crippen molar-refractivity contribution < 1.29 is 14.3 Å². The van der Waals surface area contributed by atoms with Gasteiger partial charge >= 0.3 is 0 Å². The zero-order valence-corrected chi connectivity index (χ0v) is 21.3. The molecule has 0 radical (unpaired) electrons. The minimum atomic E-state index is -0.685. The molecular formula is C29H33ClN2O3. The molecule has 0 bridgehead atoms. The first-order chi connectivity index (χ1) is 16.9. The van der Waals surface area contributed by atoms with E-state index in [1.54, 1.807) is 23.1 Å². The topological polar surface area (TPSA) is 58.6 Å². The number of hydrogen-bond donors (Lipinski definition) is 1. The Hall–Kier alpha value is -3.31. The van der Waals surface area contributed by atoms with Crippen LogP contribution in [0, 0.1) is 6.92 Å². The van der Waals surface area contributed by atoms with E-state index in [0.29, 0.717) is 23.7 Å². The number of halogens is 1. The second kappa shape index (κ2) is 13.0. The van der Waals surface area contributed by atoms with E-state index in [9.17, 15) is 9.59 Å².